The SMILES string of the molecule is C=C(CC)CC(N)C(C)(CC)N(C)C. The Kier molecular flexibility index (Phi) is 5.38. The Morgan fingerprint density at radius 3 is 2.21 bits per heavy atom. The highest BCUT2D eigenvalue weighted by molar-refractivity contribution is 5.03. The van der Waals surface area contributed by atoms with E-state index in [0.717, 1.165) is 19.3 Å². The van der Waals surface area contributed by atoms with Crippen LogP contribution in [0.15, 0.2) is 12.2 Å². The second-order valence-electron chi connectivity index (χ2n) is 4.52. The lowest BCUT2D eigenvalue weighted by molar-refractivity contribution is 0.131. The van der Waals surface area contributed by atoms with Crippen LogP contribution in [0.25, 0.3) is 0 Å². The summed E-state index contributed by atoms with van der Waals surface area (Å²) in [7, 11) is 4.19. The summed E-state index contributed by atoms with van der Waals surface area (Å²) in [5.74, 6) is 0. The van der Waals surface area contributed by atoms with Gasteiger partial charge >= 0.3 is 0 Å². The van der Waals surface area contributed by atoms with Gasteiger partial charge in [0, 0.05) is 11.6 Å². The normalized spacial score (nSPS) is 17.9. The minimum atomic E-state index is 0.0815. The Balaban J connectivity index is 4.45. The molecule has 84 valence electrons. The van der Waals surface area contributed by atoms with E-state index in [1.54, 1.807) is 0 Å². The monoisotopic (exact) mass is 198 g/mol. The van der Waals surface area contributed by atoms with Gasteiger partial charge in [-0.3, -0.25) is 0 Å². The fraction of sp³-hybridized carbons (Fsp3) is 0.833. The van der Waals surface area contributed by atoms with Crippen LogP contribution in [0.2, 0.25) is 0 Å². The molecule has 14 heavy (non-hydrogen) atoms. The Morgan fingerprint density at radius 1 is 1.43 bits per heavy atom. The molecule has 0 spiro atoms. The molecule has 0 heterocycles. The van der Waals surface area contributed by atoms with E-state index in [1.165, 1.54) is 5.57 Å². The van der Waals surface area contributed by atoms with E-state index in [4.69, 9.17) is 5.73 Å². The van der Waals surface area contributed by atoms with Crippen LogP contribution >= 0.6 is 0 Å². The van der Waals surface area contributed by atoms with Crippen molar-refractivity contribution in [2.75, 3.05) is 14.1 Å². The third kappa shape index (κ3) is 3.10. The molecule has 0 aromatic carbocycles. The predicted octanol–water partition coefficient (Wildman–Crippen LogP) is 2.40. The van der Waals surface area contributed by atoms with Crippen LogP contribution < -0.4 is 5.73 Å². The van der Waals surface area contributed by atoms with Crippen molar-refractivity contribution in [3.8, 4) is 0 Å². The van der Waals surface area contributed by atoms with Gasteiger partial charge in [-0.25, -0.2) is 0 Å². The lowest BCUT2D eigenvalue weighted by atomic mass is 9.84. The lowest BCUT2D eigenvalue weighted by Crippen LogP contribution is -2.54. The average Bonchev–Trinajstić information content (AvgIpc) is 2.15. The summed E-state index contributed by atoms with van der Waals surface area (Å²) in [6.45, 7) is 10.6. The fourth-order valence-electron chi connectivity index (χ4n) is 1.59. The van der Waals surface area contributed by atoms with E-state index in [1.807, 2.05) is 0 Å². The molecule has 0 aliphatic carbocycles. The van der Waals surface area contributed by atoms with Gasteiger partial charge in [-0.2, -0.15) is 0 Å². The standard InChI is InChI=1S/C12H26N2/c1-7-10(3)9-11(13)12(4,8-2)14(5)6/h11H,3,7-9,13H2,1-2,4-6H3. The summed E-state index contributed by atoms with van der Waals surface area (Å²) < 4.78 is 0. The first-order valence-corrected chi connectivity index (χ1v) is 5.48. The molecular formula is C12H26N2. The van der Waals surface area contributed by atoms with Crippen LogP contribution in [0.4, 0.5) is 0 Å². The maximum atomic E-state index is 6.24. The first kappa shape index (κ1) is 13.7. The molecule has 2 unspecified atom stereocenters. The van der Waals surface area contributed by atoms with Gasteiger partial charge < -0.3 is 10.6 Å². The Morgan fingerprint density at radius 2 is 1.93 bits per heavy atom. The first-order valence-electron chi connectivity index (χ1n) is 5.48. The molecule has 2 N–H and O–H groups in total. The second-order valence-corrected chi connectivity index (χ2v) is 4.52. The van der Waals surface area contributed by atoms with Gasteiger partial charge in [-0.15, -0.1) is 0 Å². The van der Waals surface area contributed by atoms with Crippen LogP contribution in [0.1, 0.15) is 40.0 Å². The van der Waals surface area contributed by atoms with Crippen molar-refractivity contribution in [1.29, 1.82) is 0 Å². The zero-order valence-electron chi connectivity index (χ0n) is 10.4. The summed E-state index contributed by atoms with van der Waals surface area (Å²) >= 11 is 0. The largest absolute Gasteiger partial charge is 0.326 e. The third-order valence-electron chi connectivity index (χ3n) is 3.54. The van der Waals surface area contributed by atoms with E-state index in [9.17, 15) is 0 Å². The molecule has 0 rings (SSSR count). The molecular weight excluding hydrogens is 172 g/mol. The number of hydrogen-bond donors (Lipinski definition) is 1. The molecule has 0 bridgehead atoms. The molecule has 0 amide bonds. The lowest BCUT2D eigenvalue weighted by Gasteiger charge is -2.41. The van der Waals surface area contributed by atoms with Gasteiger partial charge in [0.2, 0.25) is 0 Å². The summed E-state index contributed by atoms with van der Waals surface area (Å²) in [5.41, 5.74) is 7.57. The number of hydrogen-bond acceptors (Lipinski definition) is 2. The van der Waals surface area contributed by atoms with Gasteiger partial charge in [0.15, 0.2) is 0 Å². The van der Waals surface area contributed by atoms with E-state index in [-0.39, 0.29) is 11.6 Å². The number of nitrogens with zero attached hydrogens (tertiary/aromatic N) is 1. The number of likely N-dealkylation sites (N-methyl/N-ethyl adjacent to an activating group) is 1. The zero-order valence-corrected chi connectivity index (χ0v) is 10.4. The number of nitrogens with two attached hydrogens (primary N) is 1. The van der Waals surface area contributed by atoms with Crippen molar-refractivity contribution in [3.05, 3.63) is 12.2 Å². The molecule has 0 aliphatic heterocycles. The molecule has 0 saturated heterocycles. The zero-order chi connectivity index (χ0) is 11.4. The Hall–Kier alpha value is -0.340. The minimum Gasteiger partial charge on any atom is -0.326 e. The maximum absolute atomic E-state index is 6.24. The maximum Gasteiger partial charge on any atom is 0.0326 e. The van der Waals surface area contributed by atoms with Crippen molar-refractivity contribution in [3.63, 3.8) is 0 Å². The number of rotatable bonds is 6. The Labute approximate surface area is 89.2 Å². The van der Waals surface area contributed by atoms with Gasteiger partial charge in [0.25, 0.3) is 0 Å². The highest BCUT2D eigenvalue weighted by Gasteiger charge is 2.31. The van der Waals surface area contributed by atoms with Gasteiger partial charge in [-0.05, 0) is 40.3 Å². The summed E-state index contributed by atoms with van der Waals surface area (Å²) in [6, 6.07) is 0.176. The molecule has 0 saturated carbocycles. The Bertz CT molecular complexity index is 187. The predicted molar refractivity (Wildman–Crippen MR) is 64.4 cm³/mol. The molecule has 2 atom stereocenters. The van der Waals surface area contributed by atoms with Crippen molar-refractivity contribution in [2.24, 2.45) is 5.73 Å². The van der Waals surface area contributed by atoms with Crippen molar-refractivity contribution in [2.45, 2.75) is 51.6 Å². The second kappa shape index (κ2) is 5.52. The van der Waals surface area contributed by atoms with E-state index < -0.39 is 0 Å². The van der Waals surface area contributed by atoms with Gasteiger partial charge in [0.1, 0.15) is 0 Å². The minimum absolute atomic E-state index is 0.0815. The average molecular weight is 198 g/mol. The van der Waals surface area contributed by atoms with Crippen LogP contribution in [0.3, 0.4) is 0 Å². The summed E-state index contributed by atoms with van der Waals surface area (Å²) in [6.07, 6.45) is 3.03. The topological polar surface area (TPSA) is 29.3 Å². The molecule has 2 nitrogen and oxygen atoms in total. The fourth-order valence-corrected chi connectivity index (χ4v) is 1.59. The van der Waals surface area contributed by atoms with Crippen LogP contribution in [0, 0.1) is 0 Å². The van der Waals surface area contributed by atoms with Crippen molar-refractivity contribution >= 4 is 0 Å². The highest BCUT2D eigenvalue weighted by Crippen LogP contribution is 2.24. The molecule has 0 fully saturated rings. The van der Waals surface area contributed by atoms with Gasteiger partial charge in [-0.1, -0.05) is 26.0 Å². The van der Waals surface area contributed by atoms with Crippen molar-refractivity contribution < 1.29 is 0 Å². The smallest absolute Gasteiger partial charge is 0.0326 e. The summed E-state index contributed by atoms with van der Waals surface area (Å²) in [4.78, 5) is 2.22. The molecule has 2 heteroatoms. The van der Waals surface area contributed by atoms with Gasteiger partial charge in [0.05, 0.1) is 0 Å². The first-order chi connectivity index (χ1) is 6.38. The van der Waals surface area contributed by atoms with Crippen LogP contribution in [-0.4, -0.2) is 30.6 Å². The molecule has 0 radical (unpaired) electrons. The molecule has 0 aliphatic rings. The van der Waals surface area contributed by atoms with E-state index in [0.29, 0.717) is 0 Å². The van der Waals surface area contributed by atoms with E-state index in [2.05, 4.69) is 46.3 Å². The third-order valence-corrected chi connectivity index (χ3v) is 3.54. The summed E-state index contributed by atoms with van der Waals surface area (Å²) in [5, 5.41) is 0. The van der Waals surface area contributed by atoms with E-state index >= 15 is 0 Å². The van der Waals surface area contributed by atoms with Crippen LogP contribution in [0.5, 0.6) is 0 Å². The quantitative estimate of drug-likeness (QED) is 0.664. The molecule has 0 aromatic heterocycles. The van der Waals surface area contributed by atoms with Crippen LogP contribution in [-0.2, 0) is 0 Å². The molecule has 0 aromatic rings. The van der Waals surface area contributed by atoms with Crippen molar-refractivity contribution in [1.82, 2.24) is 4.90 Å². The highest BCUT2D eigenvalue weighted by atomic mass is 15.2.